The highest BCUT2D eigenvalue weighted by molar-refractivity contribution is 6.22. The molecular formula is C12H10ClFO. The maximum atomic E-state index is 13.2. The summed E-state index contributed by atoms with van der Waals surface area (Å²) in [5, 5.41) is -0.741. The molecule has 0 saturated carbocycles. The van der Waals surface area contributed by atoms with Gasteiger partial charge in [0.15, 0.2) is 0 Å². The SMILES string of the molecule is FC1C=CC=C(Oc2ccccc2)C1Cl. The van der Waals surface area contributed by atoms with E-state index in [1.54, 1.807) is 24.3 Å². The first-order chi connectivity index (χ1) is 7.27. The van der Waals surface area contributed by atoms with E-state index in [0.717, 1.165) is 0 Å². The van der Waals surface area contributed by atoms with Gasteiger partial charge >= 0.3 is 0 Å². The van der Waals surface area contributed by atoms with E-state index < -0.39 is 11.5 Å². The number of para-hydroxylation sites is 1. The second-order valence-corrected chi connectivity index (χ2v) is 3.69. The third kappa shape index (κ3) is 2.39. The van der Waals surface area contributed by atoms with Gasteiger partial charge in [-0.25, -0.2) is 4.39 Å². The Balaban J connectivity index is 2.13. The zero-order valence-corrected chi connectivity index (χ0v) is 8.69. The molecule has 1 aliphatic carbocycles. The molecule has 0 fully saturated rings. The van der Waals surface area contributed by atoms with E-state index in [4.69, 9.17) is 16.3 Å². The Bertz CT molecular complexity index is 386. The van der Waals surface area contributed by atoms with Crippen LogP contribution in [0, 0.1) is 0 Å². The van der Waals surface area contributed by atoms with Crippen LogP contribution in [0.4, 0.5) is 4.39 Å². The number of ether oxygens (including phenoxy) is 1. The largest absolute Gasteiger partial charge is 0.460 e. The first kappa shape index (κ1) is 10.2. The van der Waals surface area contributed by atoms with Crippen molar-refractivity contribution in [3.8, 4) is 5.75 Å². The smallest absolute Gasteiger partial charge is 0.142 e. The lowest BCUT2D eigenvalue weighted by Crippen LogP contribution is -2.22. The van der Waals surface area contributed by atoms with Gasteiger partial charge in [0.05, 0.1) is 0 Å². The minimum absolute atomic E-state index is 0.442. The third-order valence-electron chi connectivity index (χ3n) is 2.09. The van der Waals surface area contributed by atoms with Crippen molar-refractivity contribution in [2.45, 2.75) is 11.5 Å². The van der Waals surface area contributed by atoms with Crippen LogP contribution < -0.4 is 4.74 Å². The molecule has 0 aromatic heterocycles. The van der Waals surface area contributed by atoms with Crippen LogP contribution in [0.3, 0.4) is 0 Å². The Morgan fingerprint density at radius 3 is 2.67 bits per heavy atom. The van der Waals surface area contributed by atoms with Crippen LogP contribution in [-0.4, -0.2) is 11.5 Å². The fourth-order valence-corrected chi connectivity index (χ4v) is 1.52. The minimum atomic E-state index is -1.18. The number of hydrogen-bond acceptors (Lipinski definition) is 1. The van der Waals surface area contributed by atoms with Gasteiger partial charge in [-0.05, 0) is 24.3 Å². The summed E-state index contributed by atoms with van der Waals surface area (Å²) < 4.78 is 18.7. The summed E-state index contributed by atoms with van der Waals surface area (Å²) in [5.74, 6) is 1.11. The standard InChI is InChI=1S/C12H10ClFO/c13-12-10(14)7-4-8-11(12)15-9-5-2-1-3-6-9/h1-8,10,12H. The van der Waals surface area contributed by atoms with E-state index in [1.807, 2.05) is 18.2 Å². The monoisotopic (exact) mass is 224 g/mol. The summed E-state index contributed by atoms with van der Waals surface area (Å²) in [7, 11) is 0. The van der Waals surface area contributed by atoms with Gasteiger partial charge in [0.1, 0.15) is 23.1 Å². The van der Waals surface area contributed by atoms with E-state index in [1.165, 1.54) is 6.08 Å². The van der Waals surface area contributed by atoms with Crippen molar-refractivity contribution in [3.05, 3.63) is 54.3 Å². The molecule has 0 saturated heterocycles. The highest BCUT2D eigenvalue weighted by Gasteiger charge is 2.24. The van der Waals surface area contributed by atoms with Crippen LogP contribution in [0.5, 0.6) is 5.75 Å². The summed E-state index contributed by atoms with van der Waals surface area (Å²) in [5.41, 5.74) is 0. The molecule has 2 atom stereocenters. The fraction of sp³-hybridized carbons (Fsp3) is 0.167. The van der Waals surface area contributed by atoms with Gasteiger partial charge in [0.25, 0.3) is 0 Å². The number of halogens is 2. The zero-order chi connectivity index (χ0) is 10.7. The second kappa shape index (κ2) is 4.49. The van der Waals surface area contributed by atoms with E-state index in [9.17, 15) is 4.39 Å². The quantitative estimate of drug-likeness (QED) is 0.699. The highest BCUT2D eigenvalue weighted by atomic mass is 35.5. The Morgan fingerprint density at radius 1 is 1.20 bits per heavy atom. The summed E-state index contributed by atoms with van der Waals surface area (Å²) in [6, 6.07) is 9.19. The van der Waals surface area contributed by atoms with Crippen molar-refractivity contribution in [1.29, 1.82) is 0 Å². The van der Waals surface area contributed by atoms with Gasteiger partial charge < -0.3 is 4.74 Å². The number of hydrogen-bond donors (Lipinski definition) is 0. The Kier molecular flexibility index (Phi) is 3.07. The molecule has 2 unspecified atom stereocenters. The number of allylic oxidation sites excluding steroid dienone is 4. The molecule has 0 amide bonds. The van der Waals surface area contributed by atoms with Crippen LogP contribution in [0.25, 0.3) is 0 Å². The fourth-order valence-electron chi connectivity index (χ4n) is 1.32. The molecule has 0 aliphatic heterocycles. The lowest BCUT2D eigenvalue weighted by Gasteiger charge is -2.19. The van der Waals surface area contributed by atoms with Crippen LogP contribution in [0.2, 0.25) is 0 Å². The van der Waals surface area contributed by atoms with Gasteiger partial charge in [0.2, 0.25) is 0 Å². The topological polar surface area (TPSA) is 9.23 Å². The second-order valence-electron chi connectivity index (χ2n) is 3.22. The van der Waals surface area contributed by atoms with E-state index in [-0.39, 0.29) is 0 Å². The van der Waals surface area contributed by atoms with Crippen LogP contribution >= 0.6 is 11.6 Å². The van der Waals surface area contributed by atoms with Crippen molar-refractivity contribution in [2.75, 3.05) is 0 Å². The lowest BCUT2D eigenvalue weighted by atomic mass is 10.1. The molecule has 15 heavy (non-hydrogen) atoms. The van der Waals surface area contributed by atoms with Crippen LogP contribution in [0.1, 0.15) is 0 Å². The summed E-state index contributed by atoms with van der Waals surface area (Å²) in [6.07, 6.45) is 3.52. The maximum absolute atomic E-state index is 13.2. The van der Waals surface area contributed by atoms with Gasteiger partial charge in [-0.2, -0.15) is 0 Å². The number of rotatable bonds is 2. The molecule has 1 aromatic rings. The zero-order valence-electron chi connectivity index (χ0n) is 7.94. The molecule has 0 radical (unpaired) electrons. The molecule has 2 rings (SSSR count). The Morgan fingerprint density at radius 2 is 1.93 bits per heavy atom. The van der Waals surface area contributed by atoms with Crippen molar-refractivity contribution < 1.29 is 9.13 Å². The summed E-state index contributed by atoms with van der Waals surface area (Å²) in [6.45, 7) is 0. The average Bonchev–Trinajstić information content (AvgIpc) is 2.26. The Labute approximate surface area is 92.8 Å². The maximum Gasteiger partial charge on any atom is 0.142 e. The number of benzene rings is 1. The van der Waals surface area contributed by atoms with E-state index in [2.05, 4.69) is 0 Å². The predicted octanol–water partition coefficient (Wildman–Crippen LogP) is 3.46. The van der Waals surface area contributed by atoms with Crippen LogP contribution in [-0.2, 0) is 0 Å². The van der Waals surface area contributed by atoms with E-state index in [0.29, 0.717) is 11.5 Å². The van der Waals surface area contributed by atoms with Gasteiger partial charge in [-0.15, -0.1) is 11.6 Å². The van der Waals surface area contributed by atoms with Gasteiger partial charge in [-0.1, -0.05) is 24.3 Å². The molecule has 1 aliphatic rings. The molecule has 3 heteroatoms. The molecule has 0 spiro atoms. The summed E-state index contributed by atoms with van der Waals surface area (Å²) in [4.78, 5) is 0. The van der Waals surface area contributed by atoms with Crippen molar-refractivity contribution >= 4 is 11.6 Å². The van der Waals surface area contributed by atoms with Crippen molar-refractivity contribution in [1.82, 2.24) is 0 Å². The minimum Gasteiger partial charge on any atom is -0.460 e. The normalized spacial score (nSPS) is 24.8. The molecule has 0 heterocycles. The molecular weight excluding hydrogens is 215 g/mol. The van der Waals surface area contributed by atoms with Crippen molar-refractivity contribution in [2.24, 2.45) is 0 Å². The molecule has 0 N–H and O–H groups in total. The predicted molar refractivity (Wildman–Crippen MR) is 58.8 cm³/mol. The van der Waals surface area contributed by atoms with Crippen molar-refractivity contribution in [3.63, 3.8) is 0 Å². The first-order valence-corrected chi connectivity index (χ1v) is 5.10. The molecule has 1 nitrogen and oxygen atoms in total. The number of alkyl halides is 2. The van der Waals surface area contributed by atoms with Gasteiger partial charge in [-0.3, -0.25) is 0 Å². The molecule has 0 bridgehead atoms. The lowest BCUT2D eigenvalue weighted by molar-refractivity contribution is 0.330. The summed E-state index contributed by atoms with van der Waals surface area (Å²) >= 11 is 5.86. The van der Waals surface area contributed by atoms with Gasteiger partial charge in [0, 0.05) is 0 Å². The average molecular weight is 225 g/mol. The first-order valence-electron chi connectivity index (χ1n) is 4.67. The van der Waals surface area contributed by atoms with Crippen LogP contribution in [0.15, 0.2) is 54.3 Å². The molecule has 1 aromatic carbocycles. The van der Waals surface area contributed by atoms with E-state index >= 15 is 0 Å². The molecule has 78 valence electrons. The highest BCUT2D eigenvalue weighted by Crippen LogP contribution is 2.25. The third-order valence-corrected chi connectivity index (χ3v) is 2.54. The Hall–Kier alpha value is -1.28.